The van der Waals surface area contributed by atoms with Gasteiger partial charge in [-0.05, 0) is 37.1 Å². The van der Waals surface area contributed by atoms with Crippen LogP contribution in [-0.4, -0.2) is 11.1 Å². The van der Waals surface area contributed by atoms with E-state index >= 15 is 0 Å². The Balaban J connectivity index is 2.05. The van der Waals surface area contributed by atoms with Crippen molar-refractivity contribution < 1.29 is 14.6 Å². The van der Waals surface area contributed by atoms with Crippen LogP contribution >= 0.6 is 0 Å². The van der Waals surface area contributed by atoms with Crippen molar-refractivity contribution in [2.75, 3.05) is 0 Å². The van der Waals surface area contributed by atoms with E-state index in [0.29, 0.717) is 17.9 Å². The lowest BCUT2D eigenvalue weighted by Crippen LogP contribution is -2.41. The topological polar surface area (TPSA) is 72.5 Å². The van der Waals surface area contributed by atoms with Crippen molar-refractivity contribution in [2.45, 2.75) is 26.0 Å². The Bertz CT molecular complexity index is 633. The summed E-state index contributed by atoms with van der Waals surface area (Å²) in [5, 5.41) is 9.09. The highest BCUT2D eigenvalue weighted by atomic mass is 16.5. The highest BCUT2D eigenvalue weighted by molar-refractivity contribution is 5.79. The Labute approximate surface area is 124 Å². The molecular formula is C17H19NO3. The van der Waals surface area contributed by atoms with Crippen molar-refractivity contribution in [1.82, 2.24) is 0 Å². The third-order valence-electron chi connectivity index (χ3n) is 3.39. The fourth-order valence-electron chi connectivity index (χ4n) is 1.99. The zero-order chi connectivity index (χ0) is 15.5. The molecule has 21 heavy (non-hydrogen) atoms. The van der Waals surface area contributed by atoms with Crippen LogP contribution in [0.4, 0.5) is 0 Å². The van der Waals surface area contributed by atoms with Crippen LogP contribution in [0.5, 0.6) is 5.75 Å². The molecule has 1 unspecified atom stereocenters. The second kappa shape index (κ2) is 5.97. The smallest absolute Gasteiger partial charge is 0.328 e. The predicted molar refractivity (Wildman–Crippen MR) is 81.1 cm³/mol. The Morgan fingerprint density at radius 1 is 1.24 bits per heavy atom. The number of aryl methyl sites for hydroxylation is 1. The molecule has 0 aliphatic carbocycles. The van der Waals surface area contributed by atoms with Gasteiger partial charge in [0.05, 0.1) is 0 Å². The molecule has 1 atom stereocenters. The maximum atomic E-state index is 11.1. The summed E-state index contributed by atoms with van der Waals surface area (Å²) in [5.41, 5.74) is 7.20. The van der Waals surface area contributed by atoms with Gasteiger partial charge in [0.2, 0.25) is 0 Å². The zero-order valence-electron chi connectivity index (χ0n) is 12.2. The van der Waals surface area contributed by atoms with Gasteiger partial charge >= 0.3 is 5.97 Å². The second-order valence-electron chi connectivity index (χ2n) is 5.31. The number of benzene rings is 2. The Morgan fingerprint density at radius 3 is 2.48 bits per heavy atom. The standard InChI is InChI=1S/C17H19NO3/c1-12-4-3-5-13(10-12)11-21-15-8-6-14(7-9-15)17(2,18)16(19)20/h3-10H,11,18H2,1-2H3,(H,19,20). The predicted octanol–water partition coefficient (Wildman–Crippen LogP) is 2.83. The first-order valence-electron chi connectivity index (χ1n) is 6.71. The molecule has 2 rings (SSSR count). The molecule has 0 aliphatic heterocycles. The minimum atomic E-state index is -1.39. The third-order valence-corrected chi connectivity index (χ3v) is 3.39. The molecule has 4 heteroatoms. The molecule has 0 spiro atoms. The second-order valence-corrected chi connectivity index (χ2v) is 5.31. The maximum Gasteiger partial charge on any atom is 0.328 e. The molecule has 0 saturated carbocycles. The first kappa shape index (κ1) is 15.1. The fourth-order valence-corrected chi connectivity index (χ4v) is 1.99. The molecule has 0 fully saturated rings. The van der Waals surface area contributed by atoms with E-state index in [1.165, 1.54) is 12.5 Å². The number of carbonyl (C=O) groups is 1. The van der Waals surface area contributed by atoms with Gasteiger partial charge in [0, 0.05) is 0 Å². The highest BCUT2D eigenvalue weighted by Crippen LogP contribution is 2.22. The molecule has 0 bridgehead atoms. The van der Waals surface area contributed by atoms with Gasteiger partial charge in [-0.15, -0.1) is 0 Å². The molecule has 2 aromatic carbocycles. The highest BCUT2D eigenvalue weighted by Gasteiger charge is 2.29. The third kappa shape index (κ3) is 3.61. The van der Waals surface area contributed by atoms with Crippen LogP contribution in [0.15, 0.2) is 48.5 Å². The fraction of sp³-hybridized carbons (Fsp3) is 0.235. The van der Waals surface area contributed by atoms with Crippen molar-refractivity contribution in [3.63, 3.8) is 0 Å². The van der Waals surface area contributed by atoms with Crippen molar-refractivity contribution in [1.29, 1.82) is 0 Å². The quantitative estimate of drug-likeness (QED) is 0.886. The number of aliphatic carboxylic acids is 1. The maximum absolute atomic E-state index is 11.1. The lowest BCUT2D eigenvalue weighted by atomic mass is 9.93. The van der Waals surface area contributed by atoms with E-state index in [4.69, 9.17) is 15.6 Å². The lowest BCUT2D eigenvalue weighted by Gasteiger charge is -2.19. The summed E-state index contributed by atoms with van der Waals surface area (Å²) in [6, 6.07) is 14.9. The number of nitrogens with two attached hydrogens (primary N) is 1. The van der Waals surface area contributed by atoms with E-state index in [1.54, 1.807) is 24.3 Å². The molecule has 0 aromatic heterocycles. The summed E-state index contributed by atoms with van der Waals surface area (Å²) < 4.78 is 5.69. The van der Waals surface area contributed by atoms with Crippen LogP contribution in [0.25, 0.3) is 0 Å². The summed E-state index contributed by atoms with van der Waals surface area (Å²) in [6.07, 6.45) is 0. The van der Waals surface area contributed by atoms with E-state index in [9.17, 15) is 4.79 Å². The summed E-state index contributed by atoms with van der Waals surface area (Å²) in [5.74, 6) is -0.377. The van der Waals surface area contributed by atoms with Gasteiger partial charge in [-0.1, -0.05) is 42.0 Å². The van der Waals surface area contributed by atoms with Crippen LogP contribution in [-0.2, 0) is 16.9 Å². The summed E-state index contributed by atoms with van der Waals surface area (Å²) >= 11 is 0. The average Bonchev–Trinajstić information content (AvgIpc) is 2.45. The number of carboxylic acid groups (broad SMARTS) is 1. The molecule has 4 nitrogen and oxygen atoms in total. The Morgan fingerprint density at radius 2 is 1.90 bits per heavy atom. The van der Waals surface area contributed by atoms with Crippen LogP contribution in [0.1, 0.15) is 23.6 Å². The number of hydrogen-bond donors (Lipinski definition) is 2. The van der Waals surface area contributed by atoms with Crippen LogP contribution in [0.2, 0.25) is 0 Å². The van der Waals surface area contributed by atoms with Gasteiger partial charge in [0.25, 0.3) is 0 Å². The number of ether oxygens (including phenoxy) is 1. The van der Waals surface area contributed by atoms with E-state index in [2.05, 4.69) is 6.07 Å². The number of carboxylic acids is 1. The summed E-state index contributed by atoms with van der Waals surface area (Å²) in [7, 11) is 0. The molecule has 2 aromatic rings. The average molecular weight is 285 g/mol. The number of hydrogen-bond acceptors (Lipinski definition) is 3. The Hall–Kier alpha value is -2.33. The van der Waals surface area contributed by atoms with E-state index in [1.807, 2.05) is 25.1 Å². The van der Waals surface area contributed by atoms with Gasteiger partial charge in [-0.3, -0.25) is 0 Å². The SMILES string of the molecule is Cc1cccc(COc2ccc(C(C)(N)C(=O)O)cc2)c1. The Kier molecular flexibility index (Phi) is 4.29. The van der Waals surface area contributed by atoms with Gasteiger partial charge in [0.15, 0.2) is 0 Å². The molecule has 110 valence electrons. The summed E-state index contributed by atoms with van der Waals surface area (Å²) in [4.78, 5) is 11.1. The first-order chi connectivity index (χ1) is 9.89. The van der Waals surface area contributed by atoms with Gasteiger partial charge in [0.1, 0.15) is 17.9 Å². The lowest BCUT2D eigenvalue weighted by molar-refractivity contribution is -0.143. The molecule has 3 N–H and O–H groups in total. The van der Waals surface area contributed by atoms with Gasteiger partial charge in [-0.25, -0.2) is 4.79 Å². The number of rotatable bonds is 5. The van der Waals surface area contributed by atoms with Gasteiger partial charge in [-0.2, -0.15) is 0 Å². The van der Waals surface area contributed by atoms with Gasteiger partial charge < -0.3 is 15.6 Å². The molecule has 0 radical (unpaired) electrons. The molecule has 0 aliphatic rings. The van der Waals surface area contributed by atoms with Crippen molar-refractivity contribution in [2.24, 2.45) is 5.73 Å². The van der Waals surface area contributed by atoms with Crippen LogP contribution in [0, 0.1) is 6.92 Å². The molecule has 0 amide bonds. The zero-order valence-corrected chi connectivity index (χ0v) is 12.2. The monoisotopic (exact) mass is 285 g/mol. The minimum absolute atomic E-state index is 0.472. The van der Waals surface area contributed by atoms with E-state index in [-0.39, 0.29) is 0 Å². The van der Waals surface area contributed by atoms with Crippen molar-refractivity contribution in [3.05, 3.63) is 65.2 Å². The van der Waals surface area contributed by atoms with Crippen molar-refractivity contribution >= 4 is 5.97 Å². The first-order valence-corrected chi connectivity index (χ1v) is 6.71. The van der Waals surface area contributed by atoms with E-state index in [0.717, 1.165) is 5.56 Å². The van der Waals surface area contributed by atoms with Crippen LogP contribution in [0.3, 0.4) is 0 Å². The molecule has 0 heterocycles. The van der Waals surface area contributed by atoms with Crippen molar-refractivity contribution in [3.8, 4) is 5.75 Å². The van der Waals surface area contributed by atoms with Crippen LogP contribution < -0.4 is 10.5 Å². The summed E-state index contributed by atoms with van der Waals surface area (Å²) in [6.45, 7) is 3.98. The normalized spacial score (nSPS) is 13.5. The van der Waals surface area contributed by atoms with E-state index < -0.39 is 11.5 Å². The molecular weight excluding hydrogens is 266 g/mol. The largest absolute Gasteiger partial charge is 0.489 e. The molecule has 0 saturated heterocycles. The minimum Gasteiger partial charge on any atom is -0.489 e.